The van der Waals surface area contributed by atoms with Crippen LogP contribution in [0.2, 0.25) is 0 Å². The Hall–Kier alpha value is -3.00. The van der Waals surface area contributed by atoms with E-state index in [4.69, 9.17) is 4.52 Å². The number of aryl methyl sites for hydroxylation is 3. The Morgan fingerprint density at radius 1 is 1.04 bits per heavy atom. The molecule has 0 amide bonds. The average Bonchev–Trinajstić information content (AvgIpc) is 3.18. The van der Waals surface area contributed by atoms with Crippen LogP contribution in [0.4, 0.5) is 0 Å². The lowest BCUT2D eigenvalue weighted by molar-refractivity contribution is 0.393. The minimum Gasteiger partial charge on any atom is -0.361 e. The topological polar surface area (TPSA) is 90.9 Å². The number of hydrogen-bond acceptors (Lipinski definition) is 6. The predicted octanol–water partition coefficient (Wildman–Crippen LogP) is 3.25. The van der Waals surface area contributed by atoms with E-state index in [1.165, 1.54) is 6.20 Å². The molecule has 8 heteroatoms. The normalized spacial score (nSPS) is 12.0. The molecule has 26 heavy (non-hydrogen) atoms. The summed E-state index contributed by atoms with van der Waals surface area (Å²) in [5, 5.41) is 8.17. The van der Waals surface area contributed by atoms with Gasteiger partial charge in [0.05, 0.1) is 16.8 Å². The minimum absolute atomic E-state index is 0.182. The highest BCUT2D eigenvalue weighted by atomic mass is 32.2. The number of hydrogen-bond donors (Lipinski definition) is 0. The number of benzene rings is 1. The summed E-state index contributed by atoms with van der Waals surface area (Å²) >= 11 is 0. The average molecular weight is 368 g/mol. The van der Waals surface area contributed by atoms with Crippen molar-refractivity contribution < 1.29 is 12.9 Å². The van der Waals surface area contributed by atoms with Gasteiger partial charge in [-0.3, -0.25) is 4.98 Å². The first kappa shape index (κ1) is 16.5. The first-order valence-corrected chi connectivity index (χ1v) is 9.41. The number of fused-ring (bicyclic) bond motifs is 1. The van der Waals surface area contributed by atoms with Gasteiger partial charge in [0, 0.05) is 17.3 Å². The quantitative estimate of drug-likeness (QED) is 0.551. The van der Waals surface area contributed by atoms with Gasteiger partial charge in [0.1, 0.15) is 16.8 Å². The smallest absolute Gasteiger partial charge is 0.283 e. The molecule has 0 aliphatic rings. The maximum atomic E-state index is 12.8. The van der Waals surface area contributed by atoms with Crippen molar-refractivity contribution >= 4 is 21.1 Å². The zero-order valence-corrected chi connectivity index (χ0v) is 15.3. The van der Waals surface area contributed by atoms with E-state index in [0.717, 1.165) is 26.5 Å². The van der Waals surface area contributed by atoms with E-state index in [9.17, 15) is 8.42 Å². The second-order valence-electron chi connectivity index (χ2n) is 6.15. The molecule has 0 N–H and O–H groups in total. The fourth-order valence-corrected chi connectivity index (χ4v) is 3.99. The van der Waals surface area contributed by atoms with Gasteiger partial charge in [0.15, 0.2) is 0 Å². The first-order valence-electron chi connectivity index (χ1n) is 7.97. The Balaban J connectivity index is 1.82. The van der Waals surface area contributed by atoms with Crippen molar-refractivity contribution in [2.45, 2.75) is 25.7 Å². The maximum Gasteiger partial charge on any atom is 0.283 e. The van der Waals surface area contributed by atoms with Gasteiger partial charge >= 0.3 is 0 Å². The second kappa shape index (κ2) is 5.77. The lowest BCUT2D eigenvalue weighted by Gasteiger charge is -2.03. The van der Waals surface area contributed by atoms with E-state index in [1.54, 1.807) is 36.5 Å². The molecule has 0 atom stereocenters. The molecule has 0 saturated carbocycles. The van der Waals surface area contributed by atoms with Crippen LogP contribution in [-0.4, -0.2) is 27.7 Å². The van der Waals surface area contributed by atoms with Gasteiger partial charge in [0.2, 0.25) is 0 Å². The third-order valence-electron chi connectivity index (χ3n) is 4.22. The fraction of sp³-hybridized carbons (Fsp3) is 0.167. The lowest BCUT2D eigenvalue weighted by atomic mass is 10.1. The second-order valence-corrected chi connectivity index (χ2v) is 7.94. The summed E-state index contributed by atoms with van der Waals surface area (Å²) in [4.78, 5) is 4.53. The van der Waals surface area contributed by atoms with Crippen LogP contribution < -0.4 is 0 Å². The molecule has 0 saturated heterocycles. The van der Waals surface area contributed by atoms with E-state index in [-0.39, 0.29) is 4.90 Å². The molecule has 0 fully saturated rings. The van der Waals surface area contributed by atoms with E-state index >= 15 is 0 Å². The molecule has 0 aliphatic carbocycles. The SMILES string of the molecule is Cc1ccc(S(=O)(=O)n2cc3ncc(-c4c(C)noc4C)cc3n2)cc1. The van der Waals surface area contributed by atoms with Gasteiger partial charge < -0.3 is 4.52 Å². The summed E-state index contributed by atoms with van der Waals surface area (Å²) in [6.45, 7) is 5.56. The van der Waals surface area contributed by atoms with E-state index in [0.29, 0.717) is 16.8 Å². The summed E-state index contributed by atoms with van der Waals surface area (Å²) in [6.07, 6.45) is 3.08. The highest BCUT2D eigenvalue weighted by molar-refractivity contribution is 7.89. The summed E-state index contributed by atoms with van der Waals surface area (Å²) in [5.74, 6) is 0.676. The monoisotopic (exact) mass is 368 g/mol. The number of rotatable bonds is 3. The van der Waals surface area contributed by atoms with Crippen molar-refractivity contribution in [2.75, 3.05) is 0 Å². The Bertz CT molecular complexity index is 1200. The fourth-order valence-electron chi connectivity index (χ4n) is 2.86. The largest absolute Gasteiger partial charge is 0.361 e. The molecule has 3 heterocycles. The van der Waals surface area contributed by atoms with Crippen LogP contribution in [-0.2, 0) is 10.0 Å². The summed E-state index contributed by atoms with van der Waals surface area (Å²) in [7, 11) is -3.77. The lowest BCUT2D eigenvalue weighted by Crippen LogP contribution is -2.13. The molecule has 0 aliphatic heterocycles. The molecule has 7 nitrogen and oxygen atoms in total. The molecule has 4 rings (SSSR count). The first-order chi connectivity index (χ1) is 12.4. The van der Waals surface area contributed by atoms with E-state index in [1.807, 2.05) is 20.8 Å². The van der Waals surface area contributed by atoms with Crippen LogP contribution in [0.25, 0.3) is 22.2 Å². The molecule has 3 aromatic heterocycles. The third-order valence-corrected chi connectivity index (χ3v) is 5.77. The van der Waals surface area contributed by atoms with Gasteiger partial charge in [-0.2, -0.15) is 17.6 Å². The predicted molar refractivity (Wildman–Crippen MR) is 96.3 cm³/mol. The molecular weight excluding hydrogens is 352 g/mol. The number of aromatic nitrogens is 4. The van der Waals surface area contributed by atoms with Crippen LogP contribution in [0.3, 0.4) is 0 Å². The minimum atomic E-state index is -3.77. The molecular formula is C18H16N4O3S. The van der Waals surface area contributed by atoms with Gasteiger partial charge in [0.25, 0.3) is 10.0 Å². The van der Waals surface area contributed by atoms with Crippen LogP contribution >= 0.6 is 0 Å². The van der Waals surface area contributed by atoms with Crippen LogP contribution in [0.1, 0.15) is 17.0 Å². The van der Waals surface area contributed by atoms with Crippen molar-refractivity contribution in [1.29, 1.82) is 0 Å². The summed E-state index contributed by atoms with van der Waals surface area (Å²) < 4.78 is 31.7. The van der Waals surface area contributed by atoms with Crippen molar-refractivity contribution in [3.63, 3.8) is 0 Å². The van der Waals surface area contributed by atoms with Crippen molar-refractivity contribution in [1.82, 2.24) is 19.3 Å². The zero-order valence-electron chi connectivity index (χ0n) is 14.5. The molecule has 0 radical (unpaired) electrons. The van der Waals surface area contributed by atoms with Crippen LogP contribution in [0, 0.1) is 20.8 Å². The van der Waals surface area contributed by atoms with Crippen molar-refractivity contribution in [3.8, 4) is 11.1 Å². The Labute approximate surface area is 150 Å². The molecule has 4 aromatic rings. The molecule has 132 valence electrons. The number of pyridine rings is 1. The highest BCUT2D eigenvalue weighted by Crippen LogP contribution is 2.28. The molecule has 0 unspecified atom stereocenters. The Morgan fingerprint density at radius 2 is 1.77 bits per heavy atom. The summed E-state index contributed by atoms with van der Waals surface area (Å²) in [6, 6.07) is 8.43. The standard InChI is InChI=1S/C18H16N4O3S/c1-11-4-6-15(7-5-11)26(23,24)22-10-17-16(20-22)8-14(9-19-17)18-12(2)21-25-13(18)3/h4-10H,1-3H3. The van der Waals surface area contributed by atoms with Crippen LogP contribution in [0.5, 0.6) is 0 Å². The Kier molecular flexibility index (Phi) is 3.66. The van der Waals surface area contributed by atoms with Crippen molar-refractivity contribution in [2.24, 2.45) is 0 Å². The van der Waals surface area contributed by atoms with E-state index < -0.39 is 10.0 Å². The maximum absolute atomic E-state index is 12.8. The third kappa shape index (κ3) is 2.59. The number of nitrogens with zero attached hydrogens (tertiary/aromatic N) is 4. The Morgan fingerprint density at radius 3 is 2.42 bits per heavy atom. The zero-order chi connectivity index (χ0) is 18.5. The van der Waals surface area contributed by atoms with Crippen LogP contribution in [0.15, 0.2) is 52.1 Å². The van der Waals surface area contributed by atoms with Gasteiger partial charge in [-0.25, -0.2) is 0 Å². The summed E-state index contributed by atoms with van der Waals surface area (Å²) in [5.41, 5.74) is 4.34. The molecule has 0 spiro atoms. The highest BCUT2D eigenvalue weighted by Gasteiger charge is 2.20. The molecule has 0 bridgehead atoms. The molecule has 1 aromatic carbocycles. The van der Waals surface area contributed by atoms with Gasteiger partial charge in [-0.15, -0.1) is 0 Å². The van der Waals surface area contributed by atoms with Gasteiger partial charge in [-0.1, -0.05) is 22.9 Å². The van der Waals surface area contributed by atoms with Gasteiger partial charge in [-0.05, 0) is 39.0 Å². The van der Waals surface area contributed by atoms with E-state index in [2.05, 4.69) is 15.2 Å². The van der Waals surface area contributed by atoms with Crippen molar-refractivity contribution in [3.05, 3.63) is 59.7 Å².